The average molecular weight is 795 g/mol. The number of ether oxygens (including phenoxy) is 2. The molecule has 306 valence electrons. The molecular weight excluding hydrogens is 729 g/mol. The molecule has 4 rings (SSSR count). The van der Waals surface area contributed by atoms with E-state index in [0.717, 1.165) is 0 Å². The molecule has 2 saturated heterocycles. The Bertz CT molecular complexity index is 1560. The summed E-state index contributed by atoms with van der Waals surface area (Å²) in [6.45, 7) is 17.5. The summed E-state index contributed by atoms with van der Waals surface area (Å²) >= 11 is 0. The first-order valence-electron chi connectivity index (χ1n) is 19.0. The van der Waals surface area contributed by atoms with Crippen molar-refractivity contribution in [3.8, 4) is 11.5 Å². The van der Waals surface area contributed by atoms with Crippen LogP contribution < -0.4 is 9.47 Å². The van der Waals surface area contributed by atoms with Crippen LogP contribution in [0, 0.1) is 0 Å². The lowest BCUT2D eigenvalue weighted by molar-refractivity contribution is -0.0830. The quantitative estimate of drug-likeness (QED) is 0.237. The van der Waals surface area contributed by atoms with Crippen molar-refractivity contribution in [2.45, 2.75) is 128 Å². The number of para-hydroxylation sites is 2. The molecule has 14 heteroatoms. The van der Waals surface area contributed by atoms with Crippen LogP contribution in [0.25, 0.3) is 0 Å². The number of hydrogen-bond donors (Lipinski definition) is 2. The van der Waals surface area contributed by atoms with E-state index in [1.54, 1.807) is 0 Å². The lowest BCUT2D eigenvalue weighted by Crippen LogP contribution is -2.67. The first kappa shape index (κ1) is 44.4. The van der Waals surface area contributed by atoms with E-state index in [0.29, 0.717) is 50.3 Å². The standard InChI is InChI=1S/C40H66N4O8S2/c1-37(2)23-31(24-38(3,4)43(37)27-33(45)29-51-35-17-13-11-14-18-35)41(53(9,47)48)21-22-42(54(10,49)50)32-25-39(5,6)44(40(7,8)26-32)28-34(46)30-52-36-19-15-12-16-20-36/h11-20,31-34,45-46H,21-30H2,1-10H3. The minimum atomic E-state index is -3.73. The van der Waals surface area contributed by atoms with Crippen molar-refractivity contribution in [2.24, 2.45) is 0 Å². The molecule has 0 saturated carbocycles. The Kier molecular flexibility index (Phi) is 14.0. The zero-order chi connectivity index (χ0) is 40.3. The molecule has 2 aliphatic rings. The Labute approximate surface area is 325 Å². The number of sulfonamides is 2. The van der Waals surface area contributed by atoms with Crippen LogP contribution in [0.5, 0.6) is 11.5 Å². The maximum absolute atomic E-state index is 13.5. The highest BCUT2D eigenvalue weighted by Crippen LogP contribution is 2.43. The van der Waals surface area contributed by atoms with Gasteiger partial charge in [0.25, 0.3) is 0 Å². The predicted molar refractivity (Wildman–Crippen MR) is 215 cm³/mol. The Morgan fingerprint density at radius 3 is 1.13 bits per heavy atom. The van der Waals surface area contributed by atoms with Crippen LogP contribution in [-0.4, -0.2) is 144 Å². The summed E-state index contributed by atoms with van der Waals surface area (Å²) in [5.74, 6) is 1.36. The predicted octanol–water partition coefficient (Wildman–Crippen LogP) is 4.43. The van der Waals surface area contributed by atoms with Gasteiger partial charge in [-0.3, -0.25) is 9.80 Å². The van der Waals surface area contributed by atoms with Crippen LogP contribution in [0.3, 0.4) is 0 Å². The highest BCUT2D eigenvalue weighted by atomic mass is 32.2. The summed E-state index contributed by atoms with van der Waals surface area (Å²) in [4.78, 5) is 4.48. The van der Waals surface area contributed by atoms with E-state index in [9.17, 15) is 27.0 Å². The van der Waals surface area contributed by atoms with Gasteiger partial charge in [0.1, 0.15) is 36.9 Å². The monoisotopic (exact) mass is 794 g/mol. The van der Waals surface area contributed by atoms with Crippen molar-refractivity contribution < 1.29 is 36.5 Å². The van der Waals surface area contributed by atoms with Crippen LogP contribution in [0.2, 0.25) is 0 Å². The molecule has 2 heterocycles. The van der Waals surface area contributed by atoms with Gasteiger partial charge in [0.05, 0.1) is 12.5 Å². The van der Waals surface area contributed by atoms with E-state index < -0.39 is 54.4 Å². The number of piperidine rings is 2. The molecule has 2 unspecified atom stereocenters. The summed E-state index contributed by atoms with van der Waals surface area (Å²) in [6.07, 6.45) is 2.89. The zero-order valence-electron chi connectivity index (χ0n) is 34.1. The molecule has 12 nitrogen and oxygen atoms in total. The fourth-order valence-electron chi connectivity index (χ4n) is 9.31. The van der Waals surface area contributed by atoms with Gasteiger partial charge in [-0.25, -0.2) is 16.8 Å². The normalized spacial score (nSPS) is 22.3. The van der Waals surface area contributed by atoms with Gasteiger partial charge in [0, 0.05) is 60.4 Å². The van der Waals surface area contributed by atoms with Gasteiger partial charge in [0.2, 0.25) is 20.0 Å². The number of nitrogens with zero attached hydrogens (tertiary/aromatic N) is 4. The van der Waals surface area contributed by atoms with Crippen LogP contribution in [0.15, 0.2) is 60.7 Å². The maximum Gasteiger partial charge on any atom is 0.211 e. The molecule has 0 spiro atoms. The maximum atomic E-state index is 13.5. The van der Waals surface area contributed by atoms with Crippen LogP contribution in [-0.2, 0) is 20.0 Å². The smallest absolute Gasteiger partial charge is 0.211 e. The van der Waals surface area contributed by atoms with Gasteiger partial charge in [-0.05, 0) is 105 Å². The number of aliphatic hydroxyl groups is 2. The van der Waals surface area contributed by atoms with Gasteiger partial charge < -0.3 is 19.7 Å². The summed E-state index contributed by atoms with van der Waals surface area (Å²) < 4.78 is 68.7. The largest absolute Gasteiger partial charge is 0.491 e. The van der Waals surface area contributed by atoms with E-state index in [-0.39, 0.29) is 38.4 Å². The fraction of sp³-hybridized carbons (Fsp3) is 0.700. The molecule has 2 aliphatic heterocycles. The van der Waals surface area contributed by atoms with Crippen molar-refractivity contribution in [2.75, 3.05) is 51.9 Å². The van der Waals surface area contributed by atoms with Crippen molar-refractivity contribution >= 4 is 20.0 Å². The molecule has 2 atom stereocenters. The molecule has 0 aliphatic carbocycles. The number of aliphatic hydroxyl groups excluding tert-OH is 2. The van der Waals surface area contributed by atoms with Gasteiger partial charge in [-0.1, -0.05) is 36.4 Å². The fourth-order valence-corrected chi connectivity index (χ4v) is 11.5. The highest BCUT2D eigenvalue weighted by Gasteiger charge is 2.51. The number of benzene rings is 2. The molecule has 0 aromatic heterocycles. The van der Waals surface area contributed by atoms with Crippen molar-refractivity contribution in [3.63, 3.8) is 0 Å². The van der Waals surface area contributed by atoms with E-state index in [1.807, 2.05) is 60.7 Å². The van der Waals surface area contributed by atoms with E-state index in [2.05, 4.69) is 65.2 Å². The first-order valence-corrected chi connectivity index (χ1v) is 22.7. The number of likely N-dealkylation sites (tertiary alicyclic amines) is 2. The Morgan fingerprint density at radius 2 is 0.870 bits per heavy atom. The second-order valence-corrected chi connectivity index (χ2v) is 21.8. The lowest BCUT2D eigenvalue weighted by Gasteiger charge is -2.58. The molecule has 0 amide bonds. The third-order valence-electron chi connectivity index (χ3n) is 11.2. The number of rotatable bonds is 17. The van der Waals surface area contributed by atoms with Gasteiger partial charge in [-0.15, -0.1) is 0 Å². The zero-order valence-corrected chi connectivity index (χ0v) is 35.7. The highest BCUT2D eigenvalue weighted by molar-refractivity contribution is 7.88. The second-order valence-electron chi connectivity index (χ2n) is 17.9. The third-order valence-corrected chi connectivity index (χ3v) is 13.9. The molecule has 2 aromatic rings. The summed E-state index contributed by atoms with van der Waals surface area (Å²) in [6, 6.07) is 17.9. The van der Waals surface area contributed by atoms with Crippen molar-refractivity contribution in [1.82, 2.24) is 18.4 Å². The number of β-amino-alcohol motifs (C(OH)–C–C–N with tert-alkyl or cyclic N) is 2. The summed E-state index contributed by atoms with van der Waals surface area (Å²) in [7, 11) is -7.47. The molecule has 0 radical (unpaired) electrons. The van der Waals surface area contributed by atoms with Crippen molar-refractivity contribution in [3.05, 3.63) is 60.7 Å². The number of hydrogen-bond acceptors (Lipinski definition) is 10. The minimum Gasteiger partial charge on any atom is -0.491 e. The molecule has 2 N–H and O–H groups in total. The molecular formula is C40H66N4O8S2. The molecule has 2 fully saturated rings. The van der Waals surface area contributed by atoms with Crippen molar-refractivity contribution in [1.29, 1.82) is 0 Å². The Balaban J connectivity index is 1.46. The first-order chi connectivity index (χ1) is 24.8. The third kappa shape index (κ3) is 11.6. The van der Waals surface area contributed by atoms with E-state index in [1.165, 1.54) is 21.1 Å². The summed E-state index contributed by atoms with van der Waals surface area (Å²) in [5.41, 5.74) is -1.96. The minimum absolute atomic E-state index is 0.0207. The van der Waals surface area contributed by atoms with Gasteiger partial charge in [-0.2, -0.15) is 8.61 Å². The molecule has 2 aromatic carbocycles. The Morgan fingerprint density at radius 1 is 0.593 bits per heavy atom. The van der Waals surface area contributed by atoms with E-state index in [4.69, 9.17) is 9.47 Å². The Hall–Kier alpha value is -2.30. The van der Waals surface area contributed by atoms with Crippen LogP contribution >= 0.6 is 0 Å². The van der Waals surface area contributed by atoms with Crippen LogP contribution in [0.1, 0.15) is 81.1 Å². The van der Waals surface area contributed by atoms with Gasteiger partial charge >= 0.3 is 0 Å². The second kappa shape index (κ2) is 17.1. The average Bonchev–Trinajstić information content (AvgIpc) is 3.03. The van der Waals surface area contributed by atoms with Crippen LogP contribution in [0.4, 0.5) is 0 Å². The molecule has 54 heavy (non-hydrogen) atoms. The summed E-state index contributed by atoms with van der Waals surface area (Å²) in [5, 5.41) is 22.0. The molecule has 0 bridgehead atoms. The SMILES string of the molecule is CC1(C)CC(N(CCN(C2CC(C)(C)N(CC(O)COc3ccccc3)C(C)(C)C2)S(C)(=O)=O)S(C)(=O)=O)CC(C)(C)N1CC(O)COc1ccccc1. The topological polar surface area (TPSA) is 140 Å². The lowest BCUT2D eigenvalue weighted by atomic mass is 9.76. The van der Waals surface area contributed by atoms with Gasteiger partial charge in [0.15, 0.2) is 0 Å². The van der Waals surface area contributed by atoms with E-state index >= 15 is 0 Å².